The zero-order chi connectivity index (χ0) is 14.7. The zero-order valence-electron chi connectivity index (χ0n) is 11.9. The van der Waals surface area contributed by atoms with Gasteiger partial charge in [-0.15, -0.1) is 0 Å². The van der Waals surface area contributed by atoms with Crippen molar-refractivity contribution in [2.45, 2.75) is 6.54 Å². The van der Waals surface area contributed by atoms with E-state index in [0.717, 1.165) is 28.5 Å². The topological polar surface area (TPSA) is 60.7 Å². The van der Waals surface area contributed by atoms with Gasteiger partial charge in [0.2, 0.25) is 0 Å². The SMILES string of the molecule is COc1ccc(CNc2ccn3nccc3n2)c(OC)c1. The number of anilines is 1. The van der Waals surface area contributed by atoms with Gasteiger partial charge in [0.05, 0.1) is 20.4 Å². The Kier molecular flexibility index (Phi) is 3.59. The molecule has 1 N–H and O–H groups in total. The monoisotopic (exact) mass is 284 g/mol. The van der Waals surface area contributed by atoms with Crippen LogP contribution in [0.15, 0.2) is 42.7 Å². The molecule has 2 heterocycles. The Morgan fingerprint density at radius 1 is 1.14 bits per heavy atom. The van der Waals surface area contributed by atoms with E-state index in [4.69, 9.17) is 9.47 Å². The quantitative estimate of drug-likeness (QED) is 0.779. The third-order valence-corrected chi connectivity index (χ3v) is 3.21. The molecule has 2 aromatic heterocycles. The summed E-state index contributed by atoms with van der Waals surface area (Å²) in [6.45, 7) is 0.616. The highest BCUT2D eigenvalue weighted by Crippen LogP contribution is 2.25. The number of nitrogens with one attached hydrogen (secondary N) is 1. The molecule has 0 bridgehead atoms. The summed E-state index contributed by atoms with van der Waals surface area (Å²) < 4.78 is 12.3. The second-order valence-corrected chi connectivity index (χ2v) is 4.48. The van der Waals surface area contributed by atoms with Gasteiger partial charge in [-0.25, -0.2) is 9.50 Å². The first kappa shape index (κ1) is 13.2. The maximum atomic E-state index is 5.38. The molecular formula is C15H16N4O2. The van der Waals surface area contributed by atoms with Crippen molar-refractivity contribution in [3.8, 4) is 11.5 Å². The van der Waals surface area contributed by atoms with Crippen LogP contribution in [0, 0.1) is 0 Å². The van der Waals surface area contributed by atoms with Gasteiger partial charge >= 0.3 is 0 Å². The Hall–Kier alpha value is -2.76. The highest BCUT2D eigenvalue weighted by atomic mass is 16.5. The standard InChI is InChI=1S/C15H16N4O2/c1-20-12-4-3-11(13(9-12)21-2)10-16-14-6-8-19-15(18-14)5-7-17-19/h3-9H,10H2,1-2H3,(H,16,18). The molecule has 6 nitrogen and oxygen atoms in total. The van der Waals surface area contributed by atoms with Crippen molar-refractivity contribution in [2.24, 2.45) is 0 Å². The van der Waals surface area contributed by atoms with Crippen LogP contribution in [0.1, 0.15) is 5.56 Å². The van der Waals surface area contributed by atoms with Crippen molar-refractivity contribution < 1.29 is 9.47 Å². The third kappa shape index (κ3) is 2.74. The molecule has 3 rings (SSSR count). The summed E-state index contributed by atoms with van der Waals surface area (Å²) in [4.78, 5) is 4.46. The molecule has 21 heavy (non-hydrogen) atoms. The number of methoxy groups -OCH3 is 2. The number of rotatable bonds is 5. The Labute approximate surface area is 122 Å². The lowest BCUT2D eigenvalue weighted by molar-refractivity contribution is 0.391. The van der Waals surface area contributed by atoms with Crippen molar-refractivity contribution >= 4 is 11.5 Å². The molecule has 3 aromatic rings. The minimum Gasteiger partial charge on any atom is -0.497 e. The van der Waals surface area contributed by atoms with Crippen molar-refractivity contribution in [1.29, 1.82) is 0 Å². The predicted molar refractivity (Wildman–Crippen MR) is 79.9 cm³/mol. The predicted octanol–water partition coefficient (Wildman–Crippen LogP) is 2.36. The zero-order valence-corrected chi connectivity index (χ0v) is 11.9. The van der Waals surface area contributed by atoms with Crippen LogP contribution in [-0.4, -0.2) is 28.8 Å². The van der Waals surface area contributed by atoms with Gasteiger partial charge in [-0.1, -0.05) is 0 Å². The smallest absolute Gasteiger partial charge is 0.157 e. The van der Waals surface area contributed by atoms with Crippen molar-refractivity contribution in [2.75, 3.05) is 19.5 Å². The van der Waals surface area contributed by atoms with Crippen LogP contribution < -0.4 is 14.8 Å². The largest absolute Gasteiger partial charge is 0.497 e. The maximum Gasteiger partial charge on any atom is 0.157 e. The summed E-state index contributed by atoms with van der Waals surface area (Å²) in [7, 11) is 3.28. The van der Waals surface area contributed by atoms with E-state index < -0.39 is 0 Å². The molecule has 0 atom stereocenters. The summed E-state index contributed by atoms with van der Waals surface area (Å²) in [5, 5.41) is 7.40. The number of fused-ring (bicyclic) bond motifs is 1. The average Bonchev–Trinajstić information content (AvgIpc) is 3.00. The lowest BCUT2D eigenvalue weighted by Gasteiger charge is -2.11. The van der Waals surface area contributed by atoms with Crippen LogP contribution in [0.3, 0.4) is 0 Å². The van der Waals surface area contributed by atoms with E-state index in [-0.39, 0.29) is 0 Å². The molecule has 0 fully saturated rings. The fourth-order valence-corrected chi connectivity index (χ4v) is 2.09. The van der Waals surface area contributed by atoms with Gasteiger partial charge in [-0.2, -0.15) is 5.10 Å². The summed E-state index contributed by atoms with van der Waals surface area (Å²) in [6, 6.07) is 9.49. The molecule has 0 aliphatic heterocycles. The van der Waals surface area contributed by atoms with Gasteiger partial charge in [0.15, 0.2) is 5.65 Å². The Morgan fingerprint density at radius 3 is 2.86 bits per heavy atom. The Morgan fingerprint density at radius 2 is 2.05 bits per heavy atom. The van der Waals surface area contributed by atoms with Crippen LogP contribution in [0.25, 0.3) is 5.65 Å². The minimum atomic E-state index is 0.616. The average molecular weight is 284 g/mol. The molecule has 0 unspecified atom stereocenters. The first-order valence-corrected chi connectivity index (χ1v) is 6.55. The first-order chi connectivity index (χ1) is 10.3. The fraction of sp³-hybridized carbons (Fsp3) is 0.200. The number of ether oxygens (including phenoxy) is 2. The van der Waals surface area contributed by atoms with Crippen LogP contribution in [0.5, 0.6) is 11.5 Å². The van der Waals surface area contributed by atoms with Crippen LogP contribution in [0.4, 0.5) is 5.82 Å². The first-order valence-electron chi connectivity index (χ1n) is 6.55. The summed E-state index contributed by atoms with van der Waals surface area (Å²) in [6.07, 6.45) is 3.59. The van der Waals surface area contributed by atoms with Gasteiger partial charge in [-0.05, 0) is 18.2 Å². The molecule has 0 saturated heterocycles. The number of benzene rings is 1. The molecule has 1 aromatic carbocycles. The number of hydrogen-bond acceptors (Lipinski definition) is 5. The van der Waals surface area contributed by atoms with Crippen molar-refractivity contribution in [1.82, 2.24) is 14.6 Å². The summed E-state index contributed by atoms with van der Waals surface area (Å²) in [5.74, 6) is 2.35. The number of aromatic nitrogens is 3. The maximum absolute atomic E-state index is 5.38. The van der Waals surface area contributed by atoms with Crippen molar-refractivity contribution in [3.05, 3.63) is 48.3 Å². The molecule has 0 saturated carbocycles. The summed E-state index contributed by atoms with van der Waals surface area (Å²) in [5.41, 5.74) is 1.84. The van der Waals surface area contributed by atoms with Gasteiger partial charge in [0.1, 0.15) is 17.3 Å². The van der Waals surface area contributed by atoms with Crippen LogP contribution in [0.2, 0.25) is 0 Å². The molecular weight excluding hydrogens is 268 g/mol. The fourth-order valence-electron chi connectivity index (χ4n) is 2.09. The van der Waals surface area contributed by atoms with E-state index in [9.17, 15) is 0 Å². The normalized spacial score (nSPS) is 10.6. The van der Waals surface area contributed by atoms with Gasteiger partial charge in [0.25, 0.3) is 0 Å². The van der Waals surface area contributed by atoms with E-state index in [1.165, 1.54) is 0 Å². The molecule has 0 spiro atoms. The lowest BCUT2D eigenvalue weighted by atomic mass is 10.2. The van der Waals surface area contributed by atoms with E-state index in [2.05, 4.69) is 15.4 Å². The molecule has 0 amide bonds. The summed E-state index contributed by atoms with van der Waals surface area (Å²) >= 11 is 0. The van der Waals surface area contributed by atoms with Gasteiger partial charge in [-0.3, -0.25) is 0 Å². The molecule has 0 aliphatic rings. The molecule has 108 valence electrons. The van der Waals surface area contributed by atoms with E-state index >= 15 is 0 Å². The minimum absolute atomic E-state index is 0.616. The van der Waals surface area contributed by atoms with Gasteiger partial charge in [0, 0.05) is 30.4 Å². The molecule has 6 heteroatoms. The Balaban J connectivity index is 1.77. The number of hydrogen-bond donors (Lipinski definition) is 1. The van der Waals surface area contributed by atoms with Crippen molar-refractivity contribution in [3.63, 3.8) is 0 Å². The van der Waals surface area contributed by atoms with E-state index in [1.807, 2.05) is 36.5 Å². The lowest BCUT2D eigenvalue weighted by Crippen LogP contribution is -2.04. The highest BCUT2D eigenvalue weighted by molar-refractivity contribution is 5.47. The van der Waals surface area contributed by atoms with Crippen LogP contribution in [-0.2, 0) is 6.54 Å². The second-order valence-electron chi connectivity index (χ2n) is 4.48. The van der Waals surface area contributed by atoms with Crippen LogP contribution >= 0.6 is 0 Å². The molecule has 0 radical (unpaired) electrons. The van der Waals surface area contributed by atoms with E-state index in [0.29, 0.717) is 6.54 Å². The number of nitrogens with zero attached hydrogens (tertiary/aromatic N) is 3. The second kappa shape index (κ2) is 5.70. The van der Waals surface area contributed by atoms with E-state index in [1.54, 1.807) is 24.9 Å². The van der Waals surface area contributed by atoms with Gasteiger partial charge < -0.3 is 14.8 Å². The molecule has 0 aliphatic carbocycles. The highest BCUT2D eigenvalue weighted by Gasteiger charge is 2.05. The Bertz CT molecular complexity index is 754. The third-order valence-electron chi connectivity index (χ3n) is 3.21.